The smallest absolute Gasteiger partial charge is 0.200 e. The van der Waals surface area contributed by atoms with Crippen molar-refractivity contribution in [2.45, 2.75) is 32.7 Å². The van der Waals surface area contributed by atoms with Crippen LogP contribution in [0.15, 0.2) is 30.5 Å². The molecule has 0 amide bonds. The highest BCUT2D eigenvalue weighted by Gasteiger charge is 2.10. The van der Waals surface area contributed by atoms with E-state index in [4.69, 9.17) is 5.73 Å². The highest BCUT2D eigenvalue weighted by molar-refractivity contribution is 5.85. The van der Waals surface area contributed by atoms with Gasteiger partial charge in [0.1, 0.15) is 5.82 Å². The third kappa shape index (κ3) is 3.70. The van der Waals surface area contributed by atoms with E-state index in [1.165, 1.54) is 6.07 Å². The van der Waals surface area contributed by atoms with E-state index in [9.17, 15) is 4.39 Å². The Morgan fingerprint density at radius 1 is 1.26 bits per heavy atom. The van der Waals surface area contributed by atoms with Gasteiger partial charge in [-0.05, 0) is 18.6 Å². The molecular formula is C14H19ClFN3. The molecule has 1 aromatic heterocycles. The van der Waals surface area contributed by atoms with Gasteiger partial charge in [-0.2, -0.15) is 0 Å². The predicted octanol–water partition coefficient (Wildman–Crippen LogP) is 3.88. The van der Waals surface area contributed by atoms with Crippen molar-refractivity contribution in [3.63, 3.8) is 0 Å². The van der Waals surface area contributed by atoms with E-state index < -0.39 is 0 Å². The summed E-state index contributed by atoms with van der Waals surface area (Å²) in [5, 5.41) is 0. The third-order valence-electron chi connectivity index (χ3n) is 2.96. The van der Waals surface area contributed by atoms with Crippen molar-refractivity contribution < 1.29 is 4.39 Å². The summed E-state index contributed by atoms with van der Waals surface area (Å²) in [5.74, 6) is 0.181. The summed E-state index contributed by atoms with van der Waals surface area (Å²) in [6.07, 6.45) is 5.21. The van der Waals surface area contributed by atoms with Gasteiger partial charge in [0, 0.05) is 18.3 Å². The number of nitrogens with two attached hydrogens (primary N) is 1. The molecule has 19 heavy (non-hydrogen) atoms. The summed E-state index contributed by atoms with van der Waals surface area (Å²) < 4.78 is 15.5. The minimum atomic E-state index is -0.268. The van der Waals surface area contributed by atoms with Crippen LogP contribution in [-0.2, 0) is 6.54 Å². The van der Waals surface area contributed by atoms with E-state index in [1.54, 1.807) is 18.2 Å². The van der Waals surface area contributed by atoms with Crippen molar-refractivity contribution in [2.24, 2.45) is 0 Å². The van der Waals surface area contributed by atoms with Gasteiger partial charge >= 0.3 is 0 Å². The number of benzene rings is 1. The molecular weight excluding hydrogens is 265 g/mol. The minimum absolute atomic E-state index is 0. The molecule has 0 spiro atoms. The summed E-state index contributed by atoms with van der Waals surface area (Å²) in [6.45, 7) is 2.99. The fourth-order valence-corrected chi connectivity index (χ4v) is 1.94. The second kappa shape index (κ2) is 7.14. The maximum absolute atomic E-state index is 13.6. The molecule has 0 aliphatic carbocycles. The Balaban J connectivity index is 0.00000180. The fraction of sp³-hybridized carbons (Fsp3) is 0.357. The molecule has 0 unspecified atom stereocenters. The Morgan fingerprint density at radius 2 is 2.00 bits per heavy atom. The molecule has 1 aromatic carbocycles. The van der Waals surface area contributed by atoms with Crippen LogP contribution < -0.4 is 5.73 Å². The van der Waals surface area contributed by atoms with Crippen molar-refractivity contribution in [1.82, 2.24) is 9.55 Å². The lowest BCUT2D eigenvalue weighted by molar-refractivity contribution is 0.607. The highest BCUT2D eigenvalue weighted by atomic mass is 35.5. The number of anilines is 1. The van der Waals surface area contributed by atoms with Crippen LogP contribution in [0.1, 0.15) is 26.2 Å². The van der Waals surface area contributed by atoms with Gasteiger partial charge in [-0.15, -0.1) is 12.4 Å². The van der Waals surface area contributed by atoms with Gasteiger partial charge in [-0.25, -0.2) is 9.37 Å². The number of halogens is 2. The van der Waals surface area contributed by atoms with Gasteiger partial charge in [0.05, 0.1) is 5.69 Å². The maximum atomic E-state index is 13.6. The molecule has 0 aliphatic heterocycles. The van der Waals surface area contributed by atoms with Crippen LogP contribution >= 0.6 is 12.4 Å². The van der Waals surface area contributed by atoms with Crippen LogP contribution in [-0.4, -0.2) is 9.55 Å². The van der Waals surface area contributed by atoms with Gasteiger partial charge in [0.25, 0.3) is 0 Å². The molecule has 0 bridgehead atoms. The summed E-state index contributed by atoms with van der Waals surface area (Å²) in [7, 11) is 0. The van der Waals surface area contributed by atoms with Crippen molar-refractivity contribution in [2.75, 3.05) is 5.73 Å². The monoisotopic (exact) mass is 283 g/mol. The first kappa shape index (κ1) is 15.5. The molecule has 104 valence electrons. The molecule has 3 nitrogen and oxygen atoms in total. The standard InChI is InChI=1S/C14H18FN3.ClH/c1-2-3-6-9-18-10-13(17-14(18)16)11-7-4-5-8-12(11)15;/h4-5,7-8,10H,2-3,6,9H2,1H3,(H2,16,17);1H. The van der Waals surface area contributed by atoms with Crippen LogP contribution in [0.2, 0.25) is 0 Å². The van der Waals surface area contributed by atoms with Crippen molar-refractivity contribution >= 4 is 18.4 Å². The molecule has 2 aromatic rings. The van der Waals surface area contributed by atoms with Crippen LogP contribution in [0.3, 0.4) is 0 Å². The first-order valence-corrected chi connectivity index (χ1v) is 6.30. The maximum Gasteiger partial charge on any atom is 0.200 e. The minimum Gasteiger partial charge on any atom is -0.369 e. The number of aryl methyl sites for hydroxylation is 1. The number of hydrogen-bond acceptors (Lipinski definition) is 2. The number of nitrogens with zero attached hydrogens (tertiary/aromatic N) is 2. The second-order valence-corrected chi connectivity index (χ2v) is 4.36. The SMILES string of the molecule is CCCCCn1cc(-c2ccccc2F)nc1N.Cl. The van der Waals surface area contributed by atoms with E-state index in [0.717, 1.165) is 25.8 Å². The molecule has 1 heterocycles. The van der Waals surface area contributed by atoms with Crippen molar-refractivity contribution in [1.29, 1.82) is 0 Å². The highest BCUT2D eigenvalue weighted by Crippen LogP contribution is 2.22. The summed E-state index contributed by atoms with van der Waals surface area (Å²) in [4.78, 5) is 4.22. The van der Waals surface area contributed by atoms with Crippen molar-refractivity contribution in [3.8, 4) is 11.3 Å². The lowest BCUT2D eigenvalue weighted by atomic mass is 10.1. The molecule has 0 aliphatic rings. The zero-order chi connectivity index (χ0) is 13.0. The van der Waals surface area contributed by atoms with E-state index in [0.29, 0.717) is 17.2 Å². The Bertz CT molecular complexity index is 525. The average Bonchev–Trinajstić information content (AvgIpc) is 2.72. The quantitative estimate of drug-likeness (QED) is 0.846. The molecule has 0 saturated carbocycles. The van der Waals surface area contributed by atoms with Crippen molar-refractivity contribution in [3.05, 3.63) is 36.3 Å². The number of rotatable bonds is 5. The van der Waals surface area contributed by atoms with E-state index in [2.05, 4.69) is 11.9 Å². The third-order valence-corrected chi connectivity index (χ3v) is 2.96. The Kier molecular flexibility index (Phi) is 5.83. The zero-order valence-corrected chi connectivity index (χ0v) is 11.8. The molecule has 2 rings (SSSR count). The van der Waals surface area contributed by atoms with E-state index in [1.807, 2.05) is 10.8 Å². The number of nitrogen functional groups attached to an aromatic ring is 1. The molecule has 2 N–H and O–H groups in total. The lowest BCUT2D eigenvalue weighted by Crippen LogP contribution is -2.02. The van der Waals surface area contributed by atoms with Crippen LogP contribution in [0, 0.1) is 5.82 Å². The van der Waals surface area contributed by atoms with Crippen LogP contribution in [0.5, 0.6) is 0 Å². The first-order valence-electron chi connectivity index (χ1n) is 6.30. The van der Waals surface area contributed by atoms with Gasteiger partial charge < -0.3 is 10.3 Å². The molecule has 0 atom stereocenters. The zero-order valence-electron chi connectivity index (χ0n) is 11.0. The molecule has 0 saturated heterocycles. The fourth-order valence-electron chi connectivity index (χ4n) is 1.94. The van der Waals surface area contributed by atoms with Gasteiger partial charge in [0.2, 0.25) is 5.95 Å². The Morgan fingerprint density at radius 3 is 2.68 bits per heavy atom. The average molecular weight is 284 g/mol. The Labute approximate surface area is 119 Å². The molecule has 5 heteroatoms. The van der Waals surface area contributed by atoms with E-state index in [-0.39, 0.29) is 18.2 Å². The summed E-state index contributed by atoms with van der Waals surface area (Å²) >= 11 is 0. The summed E-state index contributed by atoms with van der Waals surface area (Å²) in [5.41, 5.74) is 6.94. The number of unbranched alkanes of at least 4 members (excludes halogenated alkanes) is 2. The Hall–Kier alpha value is -1.55. The first-order chi connectivity index (χ1) is 8.72. The number of imidazole rings is 1. The lowest BCUT2D eigenvalue weighted by Gasteiger charge is -2.02. The summed E-state index contributed by atoms with van der Waals surface area (Å²) in [6, 6.07) is 6.61. The number of aromatic nitrogens is 2. The second-order valence-electron chi connectivity index (χ2n) is 4.36. The predicted molar refractivity (Wildman–Crippen MR) is 78.8 cm³/mol. The van der Waals surface area contributed by atoms with E-state index >= 15 is 0 Å². The number of hydrogen-bond donors (Lipinski definition) is 1. The molecule has 0 radical (unpaired) electrons. The largest absolute Gasteiger partial charge is 0.369 e. The molecule has 0 fully saturated rings. The van der Waals surface area contributed by atoms with Gasteiger partial charge in [-0.3, -0.25) is 0 Å². The van der Waals surface area contributed by atoms with Crippen LogP contribution in [0.25, 0.3) is 11.3 Å². The van der Waals surface area contributed by atoms with Gasteiger partial charge in [0.15, 0.2) is 0 Å². The normalized spacial score (nSPS) is 10.2. The topological polar surface area (TPSA) is 43.8 Å². The van der Waals surface area contributed by atoms with Gasteiger partial charge in [-0.1, -0.05) is 31.9 Å². The van der Waals surface area contributed by atoms with Crippen LogP contribution in [0.4, 0.5) is 10.3 Å².